The second-order valence-electron chi connectivity index (χ2n) is 5.43. The Bertz CT molecular complexity index is 719. The molecular formula is C17H17NO4. The van der Waals surface area contributed by atoms with Gasteiger partial charge in [-0.05, 0) is 37.6 Å². The molecule has 0 aliphatic carbocycles. The van der Waals surface area contributed by atoms with Gasteiger partial charge in [0.15, 0.2) is 6.10 Å². The lowest BCUT2D eigenvalue weighted by atomic mass is 9.98. The third-order valence-corrected chi connectivity index (χ3v) is 3.73. The Kier molecular flexibility index (Phi) is 3.71. The van der Waals surface area contributed by atoms with Crippen LogP contribution in [0, 0.1) is 6.92 Å². The zero-order valence-corrected chi connectivity index (χ0v) is 12.5. The summed E-state index contributed by atoms with van der Waals surface area (Å²) in [7, 11) is 0. The predicted molar refractivity (Wildman–Crippen MR) is 79.4 cm³/mol. The maximum atomic E-state index is 12.3. The lowest BCUT2D eigenvalue weighted by molar-refractivity contribution is -0.131. The van der Waals surface area contributed by atoms with Gasteiger partial charge in [-0.2, -0.15) is 0 Å². The highest BCUT2D eigenvalue weighted by Crippen LogP contribution is 2.22. The van der Waals surface area contributed by atoms with Crippen LogP contribution >= 0.6 is 0 Å². The summed E-state index contributed by atoms with van der Waals surface area (Å²) >= 11 is 0. The zero-order valence-electron chi connectivity index (χ0n) is 12.5. The van der Waals surface area contributed by atoms with Crippen LogP contribution < -0.4 is 5.32 Å². The number of carbonyl (C=O) groups excluding carboxylic acids is 2. The van der Waals surface area contributed by atoms with Gasteiger partial charge in [0.2, 0.25) is 0 Å². The van der Waals surface area contributed by atoms with E-state index >= 15 is 0 Å². The van der Waals surface area contributed by atoms with Crippen molar-refractivity contribution in [2.45, 2.75) is 32.4 Å². The number of benzene rings is 1. The predicted octanol–water partition coefficient (Wildman–Crippen LogP) is 2.55. The van der Waals surface area contributed by atoms with Crippen LogP contribution in [-0.2, 0) is 16.0 Å². The van der Waals surface area contributed by atoms with Crippen molar-refractivity contribution in [3.63, 3.8) is 0 Å². The van der Waals surface area contributed by atoms with Crippen LogP contribution in [0.3, 0.4) is 0 Å². The molecule has 0 saturated heterocycles. The van der Waals surface area contributed by atoms with E-state index in [1.54, 1.807) is 12.1 Å². The lowest BCUT2D eigenvalue weighted by Gasteiger charge is -2.24. The van der Waals surface area contributed by atoms with Crippen molar-refractivity contribution < 1.29 is 18.7 Å². The molecule has 1 aromatic heterocycles. The van der Waals surface area contributed by atoms with E-state index in [0.717, 1.165) is 11.3 Å². The maximum Gasteiger partial charge on any atom is 0.339 e. The van der Waals surface area contributed by atoms with Gasteiger partial charge in [-0.15, -0.1) is 0 Å². The summed E-state index contributed by atoms with van der Waals surface area (Å²) in [6.45, 7) is 3.67. The van der Waals surface area contributed by atoms with Gasteiger partial charge in [-0.1, -0.05) is 18.2 Å². The van der Waals surface area contributed by atoms with Gasteiger partial charge in [0.25, 0.3) is 5.91 Å². The van der Waals surface area contributed by atoms with Crippen LogP contribution in [0.25, 0.3) is 0 Å². The molecule has 2 heterocycles. The second kappa shape index (κ2) is 5.67. The van der Waals surface area contributed by atoms with Crippen molar-refractivity contribution in [1.82, 2.24) is 5.32 Å². The monoisotopic (exact) mass is 299 g/mol. The second-order valence-corrected chi connectivity index (χ2v) is 5.43. The Morgan fingerprint density at radius 1 is 1.27 bits per heavy atom. The molecule has 2 atom stereocenters. The average molecular weight is 299 g/mol. The molecular weight excluding hydrogens is 282 g/mol. The van der Waals surface area contributed by atoms with Crippen molar-refractivity contribution in [3.05, 3.63) is 59.0 Å². The van der Waals surface area contributed by atoms with Crippen molar-refractivity contribution in [2.75, 3.05) is 0 Å². The molecule has 2 aromatic rings. The first-order valence-electron chi connectivity index (χ1n) is 7.20. The third-order valence-electron chi connectivity index (χ3n) is 3.73. The first-order valence-corrected chi connectivity index (χ1v) is 7.20. The molecule has 1 aromatic carbocycles. The molecule has 1 aliphatic rings. The van der Waals surface area contributed by atoms with Crippen LogP contribution in [0.1, 0.15) is 40.4 Å². The van der Waals surface area contributed by atoms with E-state index in [0.29, 0.717) is 17.7 Å². The van der Waals surface area contributed by atoms with E-state index in [4.69, 9.17) is 9.15 Å². The summed E-state index contributed by atoms with van der Waals surface area (Å²) in [5.41, 5.74) is 1.36. The number of furan rings is 1. The fourth-order valence-electron chi connectivity index (χ4n) is 2.54. The molecule has 0 bridgehead atoms. The molecule has 114 valence electrons. The van der Waals surface area contributed by atoms with Crippen molar-refractivity contribution in [3.8, 4) is 0 Å². The molecule has 0 saturated carbocycles. The summed E-state index contributed by atoms with van der Waals surface area (Å²) in [5, 5.41) is 2.82. The molecule has 0 spiro atoms. The summed E-state index contributed by atoms with van der Waals surface area (Å²) < 4.78 is 10.7. The van der Waals surface area contributed by atoms with Crippen LogP contribution in [-0.4, -0.2) is 18.0 Å². The van der Waals surface area contributed by atoms with Gasteiger partial charge in [-0.25, -0.2) is 4.79 Å². The van der Waals surface area contributed by atoms with Crippen LogP contribution in [0.15, 0.2) is 40.8 Å². The van der Waals surface area contributed by atoms with Gasteiger partial charge in [0, 0.05) is 6.42 Å². The first kappa shape index (κ1) is 14.4. The lowest BCUT2D eigenvalue weighted by Crippen LogP contribution is -2.42. The fourth-order valence-corrected chi connectivity index (χ4v) is 2.54. The molecule has 3 rings (SSSR count). The Balaban J connectivity index is 1.70. The van der Waals surface area contributed by atoms with Crippen molar-refractivity contribution in [1.29, 1.82) is 0 Å². The van der Waals surface area contributed by atoms with Crippen molar-refractivity contribution >= 4 is 11.9 Å². The molecule has 1 amide bonds. The number of rotatable bonds is 3. The topological polar surface area (TPSA) is 68.5 Å². The van der Waals surface area contributed by atoms with E-state index in [1.165, 1.54) is 0 Å². The van der Waals surface area contributed by atoms with Gasteiger partial charge < -0.3 is 14.5 Å². The number of esters is 1. The first-order chi connectivity index (χ1) is 10.5. The zero-order chi connectivity index (χ0) is 15.7. The molecule has 5 nitrogen and oxygen atoms in total. The molecule has 22 heavy (non-hydrogen) atoms. The minimum atomic E-state index is -0.805. The molecule has 1 aliphatic heterocycles. The number of amides is 1. The van der Waals surface area contributed by atoms with Crippen LogP contribution in [0.4, 0.5) is 0 Å². The number of hydrogen-bond acceptors (Lipinski definition) is 4. The molecule has 1 N–H and O–H groups in total. The molecule has 0 unspecified atom stereocenters. The normalized spacial score (nSPS) is 18.3. The Morgan fingerprint density at radius 2 is 2.05 bits per heavy atom. The van der Waals surface area contributed by atoms with Gasteiger partial charge in [0.1, 0.15) is 11.5 Å². The molecule has 5 heteroatoms. The SMILES string of the molecule is Cc1ccc([C@@H](C)NC(=O)[C@H]2Cc3ccccc3C(=O)O2)o1. The fraction of sp³-hybridized carbons (Fsp3) is 0.294. The minimum absolute atomic E-state index is 0.280. The Hall–Kier alpha value is -2.56. The van der Waals surface area contributed by atoms with Gasteiger partial charge in [0.05, 0.1) is 11.6 Å². The summed E-state index contributed by atoms with van der Waals surface area (Å²) in [4.78, 5) is 24.3. The van der Waals surface area contributed by atoms with Gasteiger partial charge >= 0.3 is 5.97 Å². The van der Waals surface area contributed by atoms with Crippen LogP contribution in [0.2, 0.25) is 0 Å². The van der Waals surface area contributed by atoms with Crippen molar-refractivity contribution in [2.24, 2.45) is 0 Å². The summed E-state index contributed by atoms with van der Waals surface area (Å²) in [6.07, 6.45) is -0.418. The number of nitrogens with one attached hydrogen (secondary N) is 1. The number of cyclic esters (lactones) is 1. The maximum absolute atomic E-state index is 12.3. The number of aryl methyl sites for hydroxylation is 1. The standard InChI is InChI=1S/C17H17NO4/c1-10-7-8-14(21-10)11(2)18-16(19)15-9-12-5-3-4-6-13(12)17(20)22-15/h3-8,11,15H,9H2,1-2H3,(H,18,19)/t11-,15-/m1/s1. The minimum Gasteiger partial charge on any atom is -0.464 e. The van der Waals surface area contributed by atoms with E-state index in [-0.39, 0.29) is 11.9 Å². The number of hydrogen-bond donors (Lipinski definition) is 1. The largest absolute Gasteiger partial charge is 0.464 e. The number of ether oxygens (including phenoxy) is 1. The van der Waals surface area contributed by atoms with E-state index in [9.17, 15) is 9.59 Å². The molecule has 0 radical (unpaired) electrons. The van der Waals surface area contributed by atoms with E-state index in [1.807, 2.05) is 38.1 Å². The third kappa shape index (κ3) is 2.74. The highest BCUT2D eigenvalue weighted by molar-refractivity contribution is 5.95. The number of fused-ring (bicyclic) bond motifs is 1. The summed E-state index contributed by atoms with van der Waals surface area (Å²) in [5.74, 6) is 0.690. The highest BCUT2D eigenvalue weighted by Gasteiger charge is 2.31. The van der Waals surface area contributed by atoms with E-state index in [2.05, 4.69) is 5.32 Å². The summed E-state index contributed by atoms with van der Waals surface area (Å²) in [6, 6.07) is 10.6. The van der Waals surface area contributed by atoms with Gasteiger partial charge in [-0.3, -0.25) is 4.79 Å². The molecule has 0 fully saturated rings. The highest BCUT2D eigenvalue weighted by atomic mass is 16.5. The average Bonchev–Trinajstić information content (AvgIpc) is 2.94. The quantitative estimate of drug-likeness (QED) is 0.884. The Morgan fingerprint density at radius 3 is 2.77 bits per heavy atom. The smallest absolute Gasteiger partial charge is 0.339 e. The van der Waals surface area contributed by atoms with Crippen LogP contribution in [0.5, 0.6) is 0 Å². The Labute approximate surface area is 128 Å². The number of carbonyl (C=O) groups is 2. The van der Waals surface area contributed by atoms with E-state index < -0.39 is 12.1 Å².